The van der Waals surface area contributed by atoms with E-state index in [-0.39, 0.29) is 12.8 Å². The van der Waals surface area contributed by atoms with Crippen molar-refractivity contribution >= 4 is 23.0 Å². The van der Waals surface area contributed by atoms with Crippen LogP contribution in [0.1, 0.15) is 29.7 Å². The zero-order valence-electron chi connectivity index (χ0n) is 13.5. The Morgan fingerprint density at radius 1 is 1.13 bits per heavy atom. The Morgan fingerprint density at radius 3 is 2.74 bits per heavy atom. The summed E-state index contributed by atoms with van der Waals surface area (Å²) < 4.78 is 10.8. The van der Waals surface area contributed by atoms with Gasteiger partial charge in [-0.2, -0.15) is 0 Å². The summed E-state index contributed by atoms with van der Waals surface area (Å²) in [6, 6.07) is 12.1. The largest absolute Gasteiger partial charge is 0.454 e. The molecule has 5 heteroatoms. The van der Waals surface area contributed by atoms with E-state index >= 15 is 0 Å². The molecule has 0 bridgehead atoms. The van der Waals surface area contributed by atoms with Gasteiger partial charge in [0.05, 0.1) is 6.04 Å². The van der Waals surface area contributed by atoms with Gasteiger partial charge in [0.2, 0.25) is 6.79 Å². The van der Waals surface area contributed by atoms with Crippen molar-refractivity contribution in [3.05, 3.63) is 53.1 Å². The van der Waals surface area contributed by atoms with Gasteiger partial charge in [-0.3, -0.25) is 0 Å². The number of fused-ring (bicyclic) bond motifs is 1. The van der Waals surface area contributed by atoms with Crippen molar-refractivity contribution in [3.63, 3.8) is 0 Å². The maximum absolute atomic E-state index is 5.44. The third-order valence-electron chi connectivity index (χ3n) is 4.10. The summed E-state index contributed by atoms with van der Waals surface area (Å²) in [4.78, 5) is 0. The lowest BCUT2D eigenvalue weighted by Gasteiger charge is -2.19. The third kappa shape index (κ3) is 3.40. The zero-order valence-corrected chi connectivity index (χ0v) is 14.3. The molecule has 1 unspecified atom stereocenters. The molecule has 0 saturated carbocycles. The van der Waals surface area contributed by atoms with Crippen molar-refractivity contribution in [3.8, 4) is 11.5 Å². The second-order valence-electron chi connectivity index (χ2n) is 5.68. The molecule has 1 heterocycles. The summed E-state index contributed by atoms with van der Waals surface area (Å²) in [5, 5.41) is 7.18. The number of nitrogens with one attached hydrogen (secondary N) is 2. The molecule has 0 spiro atoms. The van der Waals surface area contributed by atoms with E-state index in [0.29, 0.717) is 5.11 Å². The lowest BCUT2D eigenvalue weighted by Crippen LogP contribution is -2.31. The number of hydrogen-bond acceptors (Lipinski definition) is 3. The molecule has 2 aromatic carbocycles. The van der Waals surface area contributed by atoms with E-state index in [4.69, 9.17) is 21.7 Å². The first-order valence-corrected chi connectivity index (χ1v) is 7.98. The topological polar surface area (TPSA) is 42.5 Å². The van der Waals surface area contributed by atoms with Crippen molar-refractivity contribution in [2.75, 3.05) is 12.1 Å². The molecule has 0 fully saturated rings. The van der Waals surface area contributed by atoms with E-state index in [9.17, 15) is 0 Å². The van der Waals surface area contributed by atoms with Gasteiger partial charge in [0, 0.05) is 5.69 Å². The van der Waals surface area contributed by atoms with Crippen LogP contribution in [0.4, 0.5) is 5.69 Å². The molecule has 1 aliphatic rings. The Labute approximate surface area is 141 Å². The summed E-state index contributed by atoms with van der Waals surface area (Å²) in [6.07, 6.45) is 0. The number of anilines is 1. The summed E-state index contributed by atoms with van der Waals surface area (Å²) in [6.45, 7) is 6.52. The SMILES string of the molecule is Cc1cccc(NC(=S)NC(C)c2ccc3c(c2)OCO3)c1C. The van der Waals surface area contributed by atoms with Crippen LogP contribution in [0.15, 0.2) is 36.4 Å². The molecule has 4 nitrogen and oxygen atoms in total. The Morgan fingerprint density at radius 2 is 1.91 bits per heavy atom. The molecule has 0 saturated heterocycles. The van der Waals surface area contributed by atoms with Gasteiger partial charge in [0.15, 0.2) is 16.6 Å². The highest BCUT2D eigenvalue weighted by Gasteiger charge is 2.16. The molecule has 1 aliphatic heterocycles. The van der Waals surface area contributed by atoms with E-state index in [1.54, 1.807) is 0 Å². The van der Waals surface area contributed by atoms with Gasteiger partial charge >= 0.3 is 0 Å². The van der Waals surface area contributed by atoms with Gasteiger partial charge in [-0.15, -0.1) is 0 Å². The molecule has 0 radical (unpaired) electrons. The number of hydrogen-bond donors (Lipinski definition) is 2. The molecule has 0 amide bonds. The highest BCUT2D eigenvalue weighted by molar-refractivity contribution is 7.80. The number of aryl methyl sites for hydroxylation is 1. The zero-order chi connectivity index (χ0) is 16.4. The average Bonchev–Trinajstić information content (AvgIpc) is 2.99. The minimum absolute atomic E-state index is 0.0645. The van der Waals surface area contributed by atoms with Gasteiger partial charge in [-0.25, -0.2) is 0 Å². The lowest BCUT2D eigenvalue weighted by molar-refractivity contribution is 0.174. The summed E-state index contributed by atoms with van der Waals surface area (Å²) >= 11 is 5.44. The van der Waals surface area contributed by atoms with Crippen LogP contribution in [0.25, 0.3) is 0 Å². The first-order chi connectivity index (χ1) is 11.0. The molecule has 1 atom stereocenters. The Bertz CT molecular complexity index is 746. The van der Waals surface area contributed by atoms with Gasteiger partial charge in [0.25, 0.3) is 0 Å². The predicted molar refractivity (Wildman–Crippen MR) is 96.3 cm³/mol. The minimum Gasteiger partial charge on any atom is -0.454 e. The second kappa shape index (κ2) is 6.46. The van der Waals surface area contributed by atoms with Crippen molar-refractivity contribution < 1.29 is 9.47 Å². The third-order valence-corrected chi connectivity index (χ3v) is 4.32. The fourth-order valence-electron chi connectivity index (χ4n) is 2.51. The summed E-state index contributed by atoms with van der Waals surface area (Å²) in [5.41, 5.74) is 4.56. The fraction of sp³-hybridized carbons (Fsp3) is 0.278. The highest BCUT2D eigenvalue weighted by Crippen LogP contribution is 2.34. The van der Waals surface area contributed by atoms with Crippen LogP contribution in [-0.4, -0.2) is 11.9 Å². The molecule has 0 aliphatic carbocycles. The monoisotopic (exact) mass is 328 g/mol. The van der Waals surface area contributed by atoms with Crippen LogP contribution in [0.2, 0.25) is 0 Å². The normalized spacial score (nSPS) is 13.5. The number of benzene rings is 2. The van der Waals surface area contributed by atoms with Gasteiger partial charge < -0.3 is 20.1 Å². The van der Waals surface area contributed by atoms with Crippen LogP contribution in [0.5, 0.6) is 11.5 Å². The number of rotatable bonds is 3. The second-order valence-corrected chi connectivity index (χ2v) is 6.09. The maximum Gasteiger partial charge on any atom is 0.231 e. The Balaban J connectivity index is 1.66. The van der Waals surface area contributed by atoms with Crippen LogP contribution >= 0.6 is 12.2 Å². The van der Waals surface area contributed by atoms with Gasteiger partial charge in [-0.05, 0) is 67.9 Å². The van der Waals surface area contributed by atoms with Crippen molar-refractivity contribution in [2.24, 2.45) is 0 Å². The van der Waals surface area contributed by atoms with Crippen molar-refractivity contribution in [2.45, 2.75) is 26.8 Å². The van der Waals surface area contributed by atoms with Crippen LogP contribution < -0.4 is 20.1 Å². The maximum atomic E-state index is 5.44. The lowest BCUT2D eigenvalue weighted by atomic mass is 10.1. The molecule has 3 rings (SSSR count). The van der Waals surface area contributed by atoms with E-state index in [0.717, 1.165) is 22.7 Å². The van der Waals surface area contributed by atoms with E-state index in [2.05, 4.69) is 37.5 Å². The first-order valence-electron chi connectivity index (χ1n) is 7.58. The molecular formula is C18H20N2O2S. The molecule has 2 N–H and O–H groups in total. The van der Waals surface area contributed by atoms with Crippen LogP contribution in [0, 0.1) is 13.8 Å². The molecule has 23 heavy (non-hydrogen) atoms. The molecule has 0 aromatic heterocycles. The van der Waals surface area contributed by atoms with E-state index < -0.39 is 0 Å². The summed E-state index contributed by atoms with van der Waals surface area (Å²) in [7, 11) is 0. The standard InChI is InChI=1S/C18H20N2O2S/c1-11-5-4-6-15(12(11)2)20-18(23)19-13(3)14-7-8-16-17(9-14)22-10-21-16/h4-9,13H,10H2,1-3H3,(H2,19,20,23). The number of thiocarbonyl (C=S) groups is 1. The molecular weight excluding hydrogens is 308 g/mol. The number of ether oxygens (including phenoxy) is 2. The summed E-state index contributed by atoms with van der Waals surface area (Å²) in [5.74, 6) is 1.57. The van der Waals surface area contributed by atoms with E-state index in [1.807, 2.05) is 30.3 Å². The van der Waals surface area contributed by atoms with Crippen LogP contribution in [-0.2, 0) is 0 Å². The van der Waals surface area contributed by atoms with Gasteiger partial charge in [0.1, 0.15) is 0 Å². The van der Waals surface area contributed by atoms with E-state index in [1.165, 1.54) is 11.1 Å². The smallest absolute Gasteiger partial charge is 0.231 e. The molecule has 120 valence electrons. The quantitative estimate of drug-likeness (QED) is 0.831. The Kier molecular flexibility index (Phi) is 4.39. The van der Waals surface area contributed by atoms with Crippen LogP contribution in [0.3, 0.4) is 0 Å². The average molecular weight is 328 g/mol. The van der Waals surface area contributed by atoms with Crippen molar-refractivity contribution in [1.29, 1.82) is 0 Å². The molecule has 2 aromatic rings. The van der Waals surface area contributed by atoms with Crippen molar-refractivity contribution in [1.82, 2.24) is 5.32 Å². The highest BCUT2D eigenvalue weighted by atomic mass is 32.1. The fourth-order valence-corrected chi connectivity index (χ4v) is 2.79. The minimum atomic E-state index is 0.0645. The first kappa shape index (κ1) is 15.6. The predicted octanol–water partition coefficient (Wildman–Crippen LogP) is 4.08. The Hall–Kier alpha value is -2.27. The van der Waals surface area contributed by atoms with Gasteiger partial charge in [-0.1, -0.05) is 18.2 Å².